The molecule has 8 heteroatoms. The van der Waals surface area contributed by atoms with E-state index in [-0.39, 0.29) is 10.5 Å². The molecule has 0 aliphatic heterocycles. The zero-order valence-electron chi connectivity index (χ0n) is 12.6. The lowest BCUT2D eigenvalue weighted by molar-refractivity contribution is 0.527. The van der Waals surface area contributed by atoms with Gasteiger partial charge in [-0.25, -0.2) is 17.9 Å². The summed E-state index contributed by atoms with van der Waals surface area (Å²) in [4.78, 5) is 15.4. The second-order valence-electron chi connectivity index (χ2n) is 5.18. The van der Waals surface area contributed by atoms with Crippen molar-refractivity contribution in [1.82, 2.24) is 14.3 Å². The van der Waals surface area contributed by atoms with Crippen LogP contribution in [0.4, 0.5) is 0 Å². The van der Waals surface area contributed by atoms with E-state index < -0.39 is 21.8 Å². The lowest BCUT2D eigenvalue weighted by atomic mass is 10.1. The molecule has 0 bridgehead atoms. The molecule has 1 aromatic carbocycles. The van der Waals surface area contributed by atoms with Crippen molar-refractivity contribution >= 4 is 21.1 Å². The second kappa shape index (κ2) is 5.64. The summed E-state index contributed by atoms with van der Waals surface area (Å²) >= 11 is 0. The molecule has 1 N–H and O–H groups in total. The van der Waals surface area contributed by atoms with Gasteiger partial charge in [0.1, 0.15) is 0 Å². The van der Waals surface area contributed by atoms with Gasteiger partial charge in [-0.15, -0.1) is 0 Å². The molecule has 0 aliphatic rings. The van der Waals surface area contributed by atoms with Crippen molar-refractivity contribution in [2.45, 2.75) is 17.9 Å². The summed E-state index contributed by atoms with van der Waals surface area (Å²) in [6.45, 7) is 1.74. The van der Waals surface area contributed by atoms with E-state index in [2.05, 4.69) is 9.71 Å². The number of fused-ring (bicyclic) bond motifs is 1. The Bertz CT molecular complexity index is 1010. The number of nitrogens with zero attached hydrogens (tertiary/aromatic N) is 2. The van der Waals surface area contributed by atoms with Crippen LogP contribution in [0.1, 0.15) is 18.5 Å². The maximum absolute atomic E-state index is 12.5. The highest BCUT2D eigenvalue weighted by Gasteiger charge is 2.20. The van der Waals surface area contributed by atoms with E-state index >= 15 is 0 Å². The van der Waals surface area contributed by atoms with Crippen molar-refractivity contribution < 1.29 is 12.8 Å². The molecule has 0 fully saturated rings. The van der Waals surface area contributed by atoms with Crippen LogP contribution in [0.25, 0.3) is 11.1 Å². The van der Waals surface area contributed by atoms with Crippen molar-refractivity contribution in [3.05, 3.63) is 58.8 Å². The Morgan fingerprint density at radius 2 is 1.91 bits per heavy atom. The number of benzene rings is 1. The Hall–Kier alpha value is -2.45. The lowest BCUT2D eigenvalue weighted by Crippen LogP contribution is -2.26. The Balaban J connectivity index is 1.95. The molecule has 3 rings (SSSR count). The fourth-order valence-electron chi connectivity index (χ4n) is 2.30. The molecule has 120 valence electrons. The van der Waals surface area contributed by atoms with Gasteiger partial charge in [0.25, 0.3) is 0 Å². The van der Waals surface area contributed by atoms with Crippen LogP contribution in [0.3, 0.4) is 0 Å². The van der Waals surface area contributed by atoms with Crippen LogP contribution in [0.15, 0.2) is 56.8 Å². The average molecular weight is 333 g/mol. The highest BCUT2D eigenvalue weighted by molar-refractivity contribution is 7.89. The van der Waals surface area contributed by atoms with E-state index in [1.54, 1.807) is 44.6 Å². The van der Waals surface area contributed by atoms with E-state index in [0.29, 0.717) is 5.52 Å². The van der Waals surface area contributed by atoms with Crippen molar-refractivity contribution in [2.75, 3.05) is 0 Å². The standard InChI is InChI=1S/C15H15N3O4S/c1-10(11-5-7-16-8-6-11)17-23(20,21)12-3-4-13-14(9-12)22-15(19)18(13)2/h3-10,17H,1-2H3. The van der Waals surface area contributed by atoms with Gasteiger partial charge in [-0.2, -0.15) is 0 Å². The molecule has 0 radical (unpaired) electrons. The molecule has 0 amide bonds. The van der Waals surface area contributed by atoms with Gasteiger partial charge in [-0.3, -0.25) is 9.55 Å². The van der Waals surface area contributed by atoms with Crippen LogP contribution in [-0.4, -0.2) is 18.0 Å². The Labute approximate surface area is 132 Å². The van der Waals surface area contributed by atoms with Gasteiger partial charge < -0.3 is 4.42 Å². The zero-order valence-corrected chi connectivity index (χ0v) is 13.4. The first-order valence-corrected chi connectivity index (χ1v) is 8.38. The van der Waals surface area contributed by atoms with Crippen LogP contribution in [0, 0.1) is 0 Å². The summed E-state index contributed by atoms with van der Waals surface area (Å²) in [5.41, 5.74) is 1.57. The number of aryl methyl sites for hydroxylation is 1. The Kier molecular flexibility index (Phi) is 3.78. The highest BCUT2D eigenvalue weighted by atomic mass is 32.2. The first kappa shape index (κ1) is 15.4. The monoisotopic (exact) mass is 333 g/mol. The fourth-order valence-corrected chi connectivity index (χ4v) is 3.55. The van der Waals surface area contributed by atoms with E-state index in [1.165, 1.54) is 16.7 Å². The lowest BCUT2D eigenvalue weighted by Gasteiger charge is -2.14. The third kappa shape index (κ3) is 2.90. The van der Waals surface area contributed by atoms with Gasteiger partial charge in [-0.05, 0) is 36.8 Å². The molecule has 2 aromatic heterocycles. The van der Waals surface area contributed by atoms with E-state index in [1.807, 2.05) is 0 Å². The Morgan fingerprint density at radius 1 is 1.22 bits per heavy atom. The van der Waals surface area contributed by atoms with Gasteiger partial charge in [-0.1, -0.05) is 0 Å². The topological polar surface area (TPSA) is 94.2 Å². The predicted molar refractivity (Wildman–Crippen MR) is 84.4 cm³/mol. The number of rotatable bonds is 4. The molecule has 0 saturated carbocycles. The van der Waals surface area contributed by atoms with Gasteiger partial charge >= 0.3 is 5.76 Å². The van der Waals surface area contributed by atoms with Crippen LogP contribution >= 0.6 is 0 Å². The van der Waals surface area contributed by atoms with Crippen molar-refractivity contribution in [1.29, 1.82) is 0 Å². The van der Waals surface area contributed by atoms with E-state index in [9.17, 15) is 13.2 Å². The molecule has 1 atom stereocenters. The third-order valence-corrected chi connectivity index (χ3v) is 5.15. The first-order valence-electron chi connectivity index (χ1n) is 6.90. The summed E-state index contributed by atoms with van der Waals surface area (Å²) in [5, 5.41) is 0. The maximum atomic E-state index is 12.5. The summed E-state index contributed by atoms with van der Waals surface area (Å²) < 4.78 is 33.9. The van der Waals surface area contributed by atoms with Crippen molar-refractivity contribution in [2.24, 2.45) is 7.05 Å². The zero-order chi connectivity index (χ0) is 16.6. The number of nitrogens with one attached hydrogen (secondary N) is 1. The number of sulfonamides is 1. The average Bonchev–Trinajstić information content (AvgIpc) is 2.82. The van der Waals surface area contributed by atoms with E-state index in [0.717, 1.165) is 5.56 Å². The van der Waals surface area contributed by atoms with Gasteiger partial charge in [0.05, 0.1) is 10.4 Å². The fraction of sp³-hybridized carbons (Fsp3) is 0.200. The largest absolute Gasteiger partial charge is 0.419 e. The minimum absolute atomic E-state index is 0.0419. The molecule has 7 nitrogen and oxygen atoms in total. The Morgan fingerprint density at radius 3 is 2.61 bits per heavy atom. The van der Waals surface area contributed by atoms with Gasteiger partial charge in [0.15, 0.2) is 5.58 Å². The van der Waals surface area contributed by atoms with Gasteiger partial charge in [0, 0.05) is 31.5 Å². The number of aromatic nitrogens is 2. The van der Waals surface area contributed by atoms with Gasteiger partial charge in [0.2, 0.25) is 10.0 Å². The summed E-state index contributed by atoms with van der Waals surface area (Å²) in [5.74, 6) is -0.535. The minimum atomic E-state index is -3.74. The molecular weight excluding hydrogens is 318 g/mol. The molecule has 23 heavy (non-hydrogen) atoms. The summed E-state index contributed by atoms with van der Waals surface area (Å²) in [7, 11) is -2.18. The minimum Gasteiger partial charge on any atom is -0.408 e. The van der Waals surface area contributed by atoms with E-state index in [4.69, 9.17) is 4.42 Å². The molecular formula is C15H15N3O4S. The first-order chi connectivity index (χ1) is 10.9. The van der Waals surface area contributed by atoms with Crippen LogP contribution in [0.2, 0.25) is 0 Å². The molecule has 0 saturated heterocycles. The number of hydrogen-bond acceptors (Lipinski definition) is 5. The van der Waals surface area contributed by atoms with Crippen LogP contribution in [-0.2, 0) is 17.1 Å². The molecule has 3 aromatic rings. The quantitative estimate of drug-likeness (QED) is 0.782. The number of pyridine rings is 1. The molecule has 0 spiro atoms. The highest BCUT2D eigenvalue weighted by Crippen LogP contribution is 2.20. The number of hydrogen-bond donors (Lipinski definition) is 1. The van der Waals surface area contributed by atoms with Crippen molar-refractivity contribution in [3.8, 4) is 0 Å². The molecule has 0 aliphatic carbocycles. The summed E-state index contributed by atoms with van der Waals surface area (Å²) in [6.07, 6.45) is 3.20. The number of oxazole rings is 1. The third-order valence-electron chi connectivity index (χ3n) is 3.61. The van der Waals surface area contributed by atoms with Crippen molar-refractivity contribution in [3.63, 3.8) is 0 Å². The molecule has 1 unspecified atom stereocenters. The van der Waals surface area contributed by atoms with Crippen LogP contribution in [0.5, 0.6) is 0 Å². The van der Waals surface area contributed by atoms with Crippen LogP contribution < -0.4 is 10.5 Å². The second-order valence-corrected chi connectivity index (χ2v) is 6.89. The summed E-state index contributed by atoms with van der Waals surface area (Å²) in [6, 6.07) is 7.41. The predicted octanol–water partition coefficient (Wildman–Crippen LogP) is 1.57. The maximum Gasteiger partial charge on any atom is 0.419 e. The smallest absolute Gasteiger partial charge is 0.408 e. The SMILES string of the molecule is CC(NS(=O)(=O)c1ccc2c(c1)oc(=O)n2C)c1ccncc1. The molecule has 2 heterocycles. The normalized spacial score (nSPS) is 13.3.